The number of ether oxygens (including phenoxy) is 1. The van der Waals surface area contributed by atoms with E-state index in [1.165, 1.54) is 5.56 Å². The van der Waals surface area contributed by atoms with Crippen molar-refractivity contribution in [3.63, 3.8) is 0 Å². The van der Waals surface area contributed by atoms with Gasteiger partial charge in [0, 0.05) is 19.3 Å². The largest absolute Gasteiger partial charge is 0.375 e. The lowest BCUT2D eigenvalue weighted by atomic mass is 10.0. The molecule has 0 spiro atoms. The van der Waals surface area contributed by atoms with Gasteiger partial charge >= 0.3 is 0 Å². The SMILES string of the molecule is COCC(=O)N(Cc1ccccn1)C(C)CCc1ccccc1. The Morgan fingerprint density at radius 2 is 1.91 bits per heavy atom. The maximum Gasteiger partial charge on any atom is 0.249 e. The van der Waals surface area contributed by atoms with Crippen LogP contribution in [0.3, 0.4) is 0 Å². The number of nitrogens with zero attached hydrogens (tertiary/aromatic N) is 2. The molecular weight excluding hydrogens is 288 g/mol. The van der Waals surface area contributed by atoms with Gasteiger partial charge < -0.3 is 9.64 Å². The van der Waals surface area contributed by atoms with Gasteiger partial charge in [0.1, 0.15) is 6.61 Å². The van der Waals surface area contributed by atoms with Crippen molar-refractivity contribution in [3.8, 4) is 0 Å². The summed E-state index contributed by atoms with van der Waals surface area (Å²) in [6, 6.07) is 16.2. The lowest BCUT2D eigenvalue weighted by molar-refractivity contribution is -0.138. The van der Waals surface area contributed by atoms with E-state index in [2.05, 4.69) is 24.0 Å². The number of pyridine rings is 1. The molecule has 1 aromatic heterocycles. The highest BCUT2D eigenvalue weighted by Crippen LogP contribution is 2.13. The molecule has 23 heavy (non-hydrogen) atoms. The monoisotopic (exact) mass is 312 g/mol. The normalized spacial score (nSPS) is 11.9. The Morgan fingerprint density at radius 3 is 2.57 bits per heavy atom. The van der Waals surface area contributed by atoms with Gasteiger partial charge in [-0.2, -0.15) is 0 Å². The smallest absolute Gasteiger partial charge is 0.249 e. The molecule has 0 fully saturated rings. The minimum absolute atomic E-state index is 0.00119. The zero-order chi connectivity index (χ0) is 16.5. The van der Waals surface area contributed by atoms with Crippen LogP contribution >= 0.6 is 0 Å². The average Bonchev–Trinajstić information content (AvgIpc) is 2.59. The Morgan fingerprint density at radius 1 is 1.17 bits per heavy atom. The second-order valence-corrected chi connectivity index (χ2v) is 5.65. The molecule has 0 bridgehead atoms. The molecular formula is C19H24N2O2. The molecule has 0 aliphatic heterocycles. The van der Waals surface area contributed by atoms with Crippen LogP contribution in [-0.2, 0) is 22.5 Å². The van der Waals surface area contributed by atoms with E-state index in [4.69, 9.17) is 4.74 Å². The summed E-state index contributed by atoms with van der Waals surface area (Å²) in [7, 11) is 1.55. The van der Waals surface area contributed by atoms with Crippen LogP contribution in [-0.4, -0.2) is 35.5 Å². The topological polar surface area (TPSA) is 42.4 Å². The number of hydrogen-bond donors (Lipinski definition) is 0. The minimum Gasteiger partial charge on any atom is -0.375 e. The number of carbonyl (C=O) groups excluding carboxylic acids is 1. The van der Waals surface area contributed by atoms with Gasteiger partial charge in [-0.15, -0.1) is 0 Å². The summed E-state index contributed by atoms with van der Waals surface area (Å²) in [4.78, 5) is 18.6. The first-order valence-electron chi connectivity index (χ1n) is 7.93. The third-order valence-electron chi connectivity index (χ3n) is 3.87. The van der Waals surface area contributed by atoms with E-state index in [-0.39, 0.29) is 18.6 Å². The van der Waals surface area contributed by atoms with Crippen molar-refractivity contribution in [2.75, 3.05) is 13.7 Å². The summed E-state index contributed by atoms with van der Waals surface area (Å²) in [6.45, 7) is 2.70. The summed E-state index contributed by atoms with van der Waals surface area (Å²) < 4.78 is 5.02. The Bertz CT molecular complexity index is 587. The minimum atomic E-state index is -0.00119. The molecule has 0 aliphatic rings. The van der Waals surface area contributed by atoms with Crippen molar-refractivity contribution in [2.45, 2.75) is 32.4 Å². The first-order chi connectivity index (χ1) is 11.2. The molecule has 1 amide bonds. The summed E-state index contributed by atoms with van der Waals surface area (Å²) in [5.41, 5.74) is 2.18. The number of rotatable bonds is 8. The summed E-state index contributed by atoms with van der Waals surface area (Å²) in [5, 5.41) is 0. The third kappa shape index (κ3) is 5.49. The molecule has 0 saturated carbocycles. The molecule has 0 saturated heterocycles. The molecule has 0 N–H and O–H groups in total. The summed E-state index contributed by atoms with van der Waals surface area (Å²) >= 11 is 0. The van der Waals surface area contributed by atoms with Gasteiger partial charge in [-0.05, 0) is 37.5 Å². The number of benzene rings is 1. The fraction of sp³-hybridized carbons (Fsp3) is 0.368. The number of carbonyl (C=O) groups is 1. The second kappa shape index (κ2) is 9.06. The van der Waals surface area contributed by atoms with Gasteiger partial charge in [-0.3, -0.25) is 9.78 Å². The van der Waals surface area contributed by atoms with Gasteiger partial charge in [0.15, 0.2) is 0 Å². The van der Waals surface area contributed by atoms with Crippen LogP contribution in [0, 0.1) is 0 Å². The molecule has 1 atom stereocenters. The van der Waals surface area contributed by atoms with Gasteiger partial charge in [0.05, 0.1) is 12.2 Å². The second-order valence-electron chi connectivity index (χ2n) is 5.65. The fourth-order valence-corrected chi connectivity index (χ4v) is 2.54. The maximum absolute atomic E-state index is 12.4. The highest BCUT2D eigenvalue weighted by molar-refractivity contribution is 5.77. The van der Waals surface area contributed by atoms with Crippen molar-refractivity contribution < 1.29 is 9.53 Å². The van der Waals surface area contributed by atoms with E-state index in [9.17, 15) is 4.79 Å². The Hall–Kier alpha value is -2.20. The zero-order valence-electron chi connectivity index (χ0n) is 13.8. The van der Waals surface area contributed by atoms with Crippen molar-refractivity contribution in [1.82, 2.24) is 9.88 Å². The number of aromatic nitrogens is 1. The van der Waals surface area contributed by atoms with E-state index >= 15 is 0 Å². The predicted octanol–water partition coefficient (Wildman–Crippen LogP) is 3.08. The number of methoxy groups -OCH3 is 1. The predicted molar refractivity (Wildman–Crippen MR) is 90.9 cm³/mol. The van der Waals surface area contributed by atoms with E-state index in [0.717, 1.165) is 18.5 Å². The third-order valence-corrected chi connectivity index (χ3v) is 3.87. The molecule has 122 valence electrons. The van der Waals surface area contributed by atoms with Crippen LogP contribution in [0.15, 0.2) is 54.7 Å². The van der Waals surface area contributed by atoms with Gasteiger partial charge in [-0.25, -0.2) is 0 Å². The molecule has 0 radical (unpaired) electrons. The fourth-order valence-electron chi connectivity index (χ4n) is 2.54. The molecule has 4 heteroatoms. The number of hydrogen-bond acceptors (Lipinski definition) is 3. The number of amides is 1. The van der Waals surface area contributed by atoms with Crippen molar-refractivity contribution in [1.29, 1.82) is 0 Å². The van der Waals surface area contributed by atoms with E-state index < -0.39 is 0 Å². The molecule has 0 aliphatic carbocycles. The highest BCUT2D eigenvalue weighted by Gasteiger charge is 2.20. The van der Waals surface area contributed by atoms with Crippen molar-refractivity contribution in [2.24, 2.45) is 0 Å². The van der Waals surface area contributed by atoms with Crippen LogP contribution in [0.2, 0.25) is 0 Å². The maximum atomic E-state index is 12.4. The summed E-state index contributed by atoms with van der Waals surface area (Å²) in [5.74, 6) is -0.00119. The Labute approximate surface area is 138 Å². The lowest BCUT2D eigenvalue weighted by Gasteiger charge is -2.29. The Balaban J connectivity index is 2.01. The van der Waals surface area contributed by atoms with Crippen molar-refractivity contribution >= 4 is 5.91 Å². The van der Waals surface area contributed by atoms with Crippen LogP contribution in [0.5, 0.6) is 0 Å². The van der Waals surface area contributed by atoms with Gasteiger partial charge in [0.2, 0.25) is 5.91 Å². The molecule has 2 rings (SSSR count). The molecule has 2 aromatic rings. The number of aryl methyl sites for hydroxylation is 1. The van der Waals surface area contributed by atoms with Crippen LogP contribution in [0.1, 0.15) is 24.6 Å². The average molecular weight is 312 g/mol. The molecule has 1 aromatic carbocycles. The zero-order valence-corrected chi connectivity index (χ0v) is 13.8. The van der Waals surface area contributed by atoms with Crippen LogP contribution in [0.4, 0.5) is 0 Å². The molecule has 1 unspecified atom stereocenters. The standard InChI is InChI=1S/C19H24N2O2/c1-16(11-12-17-8-4-3-5-9-17)21(19(22)15-23-2)14-18-10-6-7-13-20-18/h3-10,13,16H,11-12,14-15H2,1-2H3. The first kappa shape index (κ1) is 17.2. The first-order valence-corrected chi connectivity index (χ1v) is 7.93. The quantitative estimate of drug-likeness (QED) is 0.752. The van der Waals surface area contributed by atoms with E-state index in [1.54, 1.807) is 13.3 Å². The highest BCUT2D eigenvalue weighted by atomic mass is 16.5. The Kier molecular flexibility index (Phi) is 6.76. The summed E-state index contributed by atoms with van der Waals surface area (Å²) in [6.07, 6.45) is 3.61. The van der Waals surface area contributed by atoms with E-state index in [1.807, 2.05) is 41.3 Å². The van der Waals surface area contributed by atoms with Crippen LogP contribution < -0.4 is 0 Å². The molecule has 4 nitrogen and oxygen atoms in total. The van der Waals surface area contributed by atoms with Gasteiger partial charge in [0.25, 0.3) is 0 Å². The molecule has 1 heterocycles. The van der Waals surface area contributed by atoms with E-state index in [0.29, 0.717) is 6.54 Å². The van der Waals surface area contributed by atoms with Gasteiger partial charge in [-0.1, -0.05) is 36.4 Å². The lowest BCUT2D eigenvalue weighted by Crippen LogP contribution is -2.40. The van der Waals surface area contributed by atoms with Crippen LogP contribution in [0.25, 0.3) is 0 Å². The van der Waals surface area contributed by atoms with Crippen molar-refractivity contribution in [3.05, 3.63) is 66.0 Å².